The van der Waals surface area contributed by atoms with Crippen LogP contribution in [-0.2, 0) is 0 Å². The first-order valence-corrected chi connectivity index (χ1v) is 4.57. The summed E-state index contributed by atoms with van der Waals surface area (Å²) < 4.78 is 0. The fraction of sp³-hybridized carbons (Fsp3) is 0.429. The van der Waals surface area contributed by atoms with Gasteiger partial charge >= 0.3 is 0 Å². The van der Waals surface area contributed by atoms with Gasteiger partial charge in [-0.1, -0.05) is 6.92 Å². The largest absolute Gasteiger partial charge is 0.286 e. The van der Waals surface area contributed by atoms with Crippen LogP contribution in [0.25, 0.3) is 0 Å². The third-order valence-electron chi connectivity index (χ3n) is 1.34. The fourth-order valence-corrected chi connectivity index (χ4v) is 1.32. The first kappa shape index (κ1) is 9.15. The Hall–Kier alpha value is -0.940. The lowest BCUT2D eigenvalue weighted by molar-refractivity contribution is 0.0929. The molecule has 0 radical (unpaired) electrons. The summed E-state index contributed by atoms with van der Waals surface area (Å²) in [5, 5.41) is 0. The highest BCUT2D eigenvalue weighted by Crippen LogP contribution is 2.09. The molecule has 0 unspecified atom stereocenters. The molecule has 1 rings (SSSR count). The molecule has 66 valence electrons. The van der Waals surface area contributed by atoms with Gasteiger partial charge in [-0.3, -0.25) is 10.2 Å². The van der Waals surface area contributed by atoms with Crippen molar-refractivity contribution >= 4 is 17.2 Å². The monoisotopic (exact) mass is 185 g/mol. The predicted octanol–water partition coefficient (Wildman–Crippen LogP) is 0.706. The molecule has 0 atom stereocenters. The molecule has 0 fully saturated rings. The second-order valence-electron chi connectivity index (χ2n) is 2.24. The third kappa shape index (κ3) is 2.02. The normalized spacial score (nSPS) is 9.83. The van der Waals surface area contributed by atoms with Crippen LogP contribution in [0.15, 0.2) is 5.51 Å². The Kier molecular flexibility index (Phi) is 3.19. The minimum atomic E-state index is -0.171. The molecule has 0 bridgehead atoms. The molecule has 0 saturated heterocycles. The van der Waals surface area contributed by atoms with E-state index in [1.54, 1.807) is 5.51 Å². The van der Waals surface area contributed by atoms with Crippen molar-refractivity contribution in [3.63, 3.8) is 0 Å². The number of hydrazine groups is 1. The maximum Gasteiger partial charge on any atom is 0.285 e. The fourth-order valence-electron chi connectivity index (χ4n) is 0.751. The van der Waals surface area contributed by atoms with E-state index in [1.165, 1.54) is 11.3 Å². The highest BCUT2D eigenvalue weighted by atomic mass is 32.1. The van der Waals surface area contributed by atoms with Crippen LogP contribution >= 0.6 is 11.3 Å². The van der Waals surface area contributed by atoms with Crippen LogP contribution in [0.1, 0.15) is 22.3 Å². The standard InChI is InChI=1S/C7H11N3OS/c1-3-9-10-7(11)6-5(2)12-4-8-6/h4,9H,3H2,1-2H3,(H,10,11). The molecule has 1 aromatic heterocycles. The minimum absolute atomic E-state index is 0.171. The lowest BCUT2D eigenvalue weighted by Crippen LogP contribution is -2.37. The maximum atomic E-state index is 11.3. The third-order valence-corrected chi connectivity index (χ3v) is 2.10. The molecular weight excluding hydrogens is 174 g/mol. The van der Waals surface area contributed by atoms with Crippen molar-refractivity contribution in [3.05, 3.63) is 16.1 Å². The van der Waals surface area contributed by atoms with E-state index >= 15 is 0 Å². The first-order chi connectivity index (χ1) is 5.75. The first-order valence-electron chi connectivity index (χ1n) is 3.69. The number of nitrogens with zero attached hydrogens (tertiary/aromatic N) is 1. The van der Waals surface area contributed by atoms with E-state index in [0.29, 0.717) is 12.2 Å². The van der Waals surface area contributed by atoms with E-state index in [-0.39, 0.29) is 5.91 Å². The SMILES string of the molecule is CCNNC(=O)c1ncsc1C. The van der Waals surface area contributed by atoms with Gasteiger partial charge in [0.2, 0.25) is 0 Å². The summed E-state index contributed by atoms with van der Waals surface area (Å²) in [6.45, 7) is 4.49. The number of aromatic nitrogens is 1. The lowest BCUT2D eigenvalue weighted by atomic mass is 10.4. The van der Waals surface area contributed by atoms with Gasteiger partial charge in [-0.15, -0.1) is 11.3 Å². The summed E-state index contributed by atoms with van der Waals surface area (Å²) in [4.78, 5) is 16.1. The van der Waals surface area contributed by atoms with Crippen molar-refractivity contribution in [2.75, 3.05) is 6.54 Å². The van der Waals surface area contributed by atoms with Crippen LogP contribution in [0.4, 0.5) is 0 Å². The highest BCUT2D eigenvalue weighted by Gasteiger charge is 2.09. The Labute approximate surface area is 75.0 Å². The van der Waals surface area contributed by atoms with Gasteiger partial charge in [0.1, 0.15) is 5.69 Å². The minimum Gasteiger partial charge on any atom is -0.286 e. The van der Waals surface area contributed by atoms with Crippen LogP contribution in [0, 0.1) is 6.92 Å². The Balaban J connectivity index is 2.59. The Bertz CT molecular complexity index is 271. The second-order valence-corrected chi connectivity index (χ2v) is 3.30. The van der Waals surface area contributed by atoms with Gasteiger partial charge in [-0.2, -0.15) is 0 Å². The topological polar surface area (TPSA) is 54.0 Å². The van der Waals surface area contributed by atoms with Gasteiger partial charge in [0.05, 0.1) is 5.51 Å². The summed E-state index contributed by atoms with van der Waals surface area (Å²) in [6.07, 6.45) is 0. The lowest BCUT2D eigenvalue weighted by Gasteiger charge is -2.02. The van der Waals surface area contributed by atoms with E-state index < -0.39 is 0 Å². The average molecular weight is 185 g/mol. The zero-order valence-corrected chi connectivity index (χ0v) is 7.86. The van der Waals surface area contributed by atoms with Gasteiger partial charge in [-0.05, 0) is 6.92 Å². The number of nitrogens with one attached hydrogen (secondary N) is 2. The zero-order chi connectivity index (χ0) is 8.97. The quantitative estimate of drug-likeness (QED) is 0.682. The molecule has 0 aliphatic carbocycles. The van der Waals surface area contributed by atoms with Crippen molar-refractivity contribution in [1.29, 1.82) is 0 Å². The number of hydrogen-bond donors (Lipinski definition) is 2. The molecule has 5 heteroatoms. The van der Waals surface area contributed by atoms with Crippen LogP contribution in [0.5, 0.6) is 0 Å². The van der Waals surface area contributed by atoms with Gasteiger partial charge in [0.15, 0.2) is 0 Å². The maximum absolute atomic E-state index is 11.3. The number of rotatable bonds is 3. The van der Waals surface area contributed by atoms with Crippen molar-refractivity contribution in [3.8, 4) is 0 Å². The van der Waals surface area contributed by atoms with Gasteiger partial charge in [0.25, 0.3) is 5.91 Å². The number of carbonyl (C=O) groups excluding carboxylic acids is 1. The molecule has 4 nitrogen and oxygen atoms in total. The molecule has 0 spiro atoms. The van der Waals surface area contributed by atoms with Crippen molar-refractivity contribution in [2.24, 2.45) is 0 Å². The molecule has 0 saturated carbocycles. The average Bonchev–Trinajstić information content (AvgIpc) is 2.47. The Morgan fingerprint density at radius 3 is 3.00 bits per heavy atom. The van der Waals surface area contributed by atoms with Crippen LogP contribution in [0.3, 0.4) is 0 Å². The van der Waals surface area contributed by atoms with Crippen molar-refractivity contribution in [2.45, 2.75) is 13.8 Å². The van der Waals surface area contributed by atoms with Gasteiger partial charge in [0, 0.05) is 11.4 Å². The summed E-state index contributed by atoms with van der Waals surface area (Å²) in [6, 6.07) is 0. The Morgan fingerprint density at radius 2 is 2.50 bits per heavy atom. The molecule has 1 amide bonds. The highest BCUT2D eigenvalue weighted by molar-refractivity contribution is 7.09. The number of thiazole rings is 1. The number of hydrogen-bond acceptors (Lipinski definition) is 4. The molecular formula is C7H11N3OS. The van der Waals surface area contributed by atoms with Crippen molar-refractivity contribution < 1.29 is 4.79 Å². The molecule has 1 heterocycles. The smallest absolute Gasteiger partial charge is 0.285 e. The van der Waals surface area contributed by atoms with E-state index in [4.69, 9.17) is 0 Å². The number of amides is 1. The second kappa shape index (κ2) is 4.18. The van der Waals surface area contributed by atoms with Crippen LogP contribution in [-0.4, -0.2) is 17.4 Å². The molecule has 0 aliphatic heterocycles. The molecule has 12 heavy (non-hydrogen) atoms. The van der Waals surface area contributed by atoms with Crippen LogP contribution < -0.4 is 10.9 Å². The molecule has 0 aromatic carbocycles. The molecule has 2 N–H and O–H groups in total. The van der Waals surface area contributed by atoms with E-state index in [0.717, 1.165) is 4.88 Å². The predicted molar refractivity (Wildman–Crippen MR) is 48.0 cm³/mol. The van der Waals surface area contributed by atoms with E-state index in [9.17, 15) is 4.79 Å². The summed E-state index contributed by atoms with van der Waals surface area (Å²) >= 11 is 1.47. The summed E-state index contributed by atoms with van der Waals surface area (Å²) in [7, 11) is 0. The van der Waals surface area contributed by atoms with Crippen LogP contribution in [0.2, 0.25) is 0 Å². The molecule has 0 aliphatic rings. The number of aryl methyl sites for hydroxylation is 1. The van der Waals surface area contributed by atoms with E-state index in [1.807, 2.05) is 13.8 Å². The van der Waals surface area contributed by atoms with Gasteiger partial charge < -0.3 is 0 Å². The zero-order valence-electron chi connectivity index (χ0n) is 7.05. The van der Waals surface area contributed by atoms with Crippen molar-refractivity contribution in [1.82, 2.24) is 15.8 Å². The Morgan fingerprint density at radius 1 is 1.75 bits per heavy atom. The molecule has 1 aromatic rings. The number of carbonyl (C=O) groups is 1. The summed E-state index contributed by atoms with van der Waals surface area (Å²) in [5.41, 5.74) is 7.42. The van der Waals surface area contributed by atoms with E-state index in [2.05, 4.69) is 15.8 Å². The van der Waals surface area contributed by atoms with Gasteiger partial charge in [-0.25, -0.2) is 10.4 Å². The summed E-state index contributed by atoms with van der Waals surface area (Å²) in [5.74, 6) is -0.171.